The molecule has 3 aromatic carbocycles. The first-order valence-corrected chi connectivity index (χ1v) is 12.1. The summed E-state index contributed by atoms with van der Waals surface area (Å²) < 4.78 is 10.9. The number of likely N-dealkylation sites (tertiary alicyclic amines) is 1. The highest BCUT2D eigenvalue weighted by Gasteiger charge is 2.19. The quantitative estimate of drug-likeness (QED) is 0.264. The molecule has 0 aromatic heterocycles. The smallest absolute Gasteiger partial charge is 0.337 e. The molecule has 1 fully saturated rings. The lowest BCUT2D eigenvalue weighted by Gasteiger charge is -2.16. The minimum absolute atomic E-state index is 0.0726. The summed E-state index contributed by atoms with van der Waals surface area (Å²) in [5, 5.41) is 4.98. The SMILES string of the molecule is COC(=O)c1ccc(/C=C(\COc2cccc3ccccc23)C(=O)NCCCN2CCCC2=O)cc1. The molecule has 7 heteroatoms. The van der Waals surface area contributed by atoms with Crippen LogP contribution < -0.4 is 10.1 Å². The Morgan fingerprint density at radius 3 is 2.56 bits per heavy atom. The van der Waals surface area contributed by atoms with Crippen molar-refractivity contribution in [3.05, 3.63) is 83.4 Å². The highest BCUT2D eigenvalue weighted by atomic mass is 16.5. The molecule has 7 nitrogen and oxygen atoms in total. The van der Waals surface area contributed by atoms with E-state index in [-0.39, 0.29) is 18.4 Å². The van der Waals surface area contributed by atoms with Gasteiger partial charge in [0, 0.05) is 31.4 Å². The maximum Gasteiger partial charge on any atom is 0.337 e. The second-order valence-corrected chi connectivity index (χ2v) is 8.64. The molecule has 1 aliphatic rings. The molecule has 4 rings (SSSR count). The largest absolute Gasteiger partial charge is 0.488 e. The normalized spacial score (nSPS) is 13.6. The standard InChI is InChI=1S/C29H30N2O5/c1-35-29(34)23-14-12-21(13-15-23)19-24(28(33)30-16-6-18-31-17-5-11-27(31)32)20-36-26-10-4-8-22-7-2-3-9-25(22)26/h2-4,7-10,12-15,19H,5-6,11,16-18,20H2,1H3,(H,30,33)/b24-19+. The van der Waals surface area contributed by atoms with E-state index < -0.39 is 5.97 Å². The predicted octanol–water partition coefficient (Wildman–Crippen LogP) is 4.22. The molecule has 1 heterocycles. The molecule has 0 radical (unpaired) electrons. The van der Waals surface area contributed by atoms with Gasteiger partial charge in [-0.15, -0.1) is 0 Å². The molecular formula is C29H30N2O5. The van der Waals surface area contributed by atoms with E-state index in [0.717, 1.165) is 29.3 Å². The van der Waals surface area contributed by atoms with Gasteiger partial charge >= 0.3 is 5.97 Å². The fourth-order valence-electron chi connectivity index (χ4n) is 4.21. The zero-order chi connectivity index (χ0) is 25.3. The summed E-state index contributed by atoms with van der Waals surface area (Å²) >= 11 is 0. The van der Waals surface area contributed by atoms with Gasteiger partial charge in [-0.1, -0.05) is 48.5 Å². The lowest BCUT2D eigenvalue weighted by molar-refractivity contribution is -0.127. The molecule has 36 heavy (non-hydrogen) atoms. The summed E-state index contributed by atoms with van der Waals surface area (Å²) in [6, 6.07) is 20.6. The Morgan fingerprint density at radius 1 is 1.03 bits per heavy atom. The maximum absolute atomic E-state index is 13.1. The minimum atomic E-state index is -0.417. The van der Waals surface area contributed by atoms with E-state index in [2.05, 4.69) is 5.32 Å². The number of nitrogens with zero attached hydrogens (tertiary/aromatic N) is 1. The topological polar surface area (TPSA) is 84.9 Å². The van der Waals surface area contributed by atoms with Crippen molar-refractivity contribution in [2.24, 2.45) is 0 Å². The van der Waals surface area contributed by atoms with Crippen molar-refractivity contribution in [3.63, 3.8) is 0 Å². The van der Waals surface area contributed by atoms with Crippen LogP contribution in [0.2, 0.25) is 0 Å². The van der Waals surface area contributed by atoms with Gasteiger partial charge in [-0.25, -0.2) is 4.79 Å². The van der Waals surface area contributed by atoms with Gasteiger partial charge in [-0.05, 0) is 48.1 Å². The molecule has 1 aliphatic heterocycles. The molecule has 0 unspecified atom stereocenters. The van der Waals surface area contributed by atoms with Crippen molar-refractivity contribution in [2.45, 2.75) is 19.3 Å². The fourth-order valence-corrected chi connectivity index (χ4v) is 4.21. The molecule has 0 bridgehead atoms. The van der Waals surface area contributed by atoms with Crippen molar-refractivity contribution in [2.75, 3.05) is 33.4 Å². The Labute approximate surface area is 210 Å². The van der Waals surface area contributed by atoms with Crippen molar-refractivity contribution >= 4 is 34.6 Å². The van der Waals surface area contributed by atoms with Crippen LogP contribution >= 0.6 is 0 Å². The van der Waals surface area contributed by atoms with E-state index in [1.807, 2.05) is 47.4 Å². The summed E-state index contributed by atoms with van der Waals surface area (Å²) in [5.41, 5.74) is 1.65. The molecule has 3 aromatic rings. The minimum Gasteiger partial charge on any atom is -0.488 e. The van der Waals surface area contributed by atoms with Crippen molar-refractivity contribution in [1.29, 1.82) is 0 Å². The van der Waals surface area contributed by atoms with Gasteiger partial charge in [0.1, 0.15) is 12.4 Å². The van der Waals surface area contributed by atoms with Crippen molar-refractivity contribution in [1.82, 2.24) is 10.2 Å². The number of rotatable bonds is 10. The molecule has 1 N–H and O–H groups in total. The summed E-state index contributed by atoms with van der Waals surface area (Å²) in [4.78, 5) is 38.5. The number of esters is 1. The number of carbonyl (C=O) groups is 3. The number of hydrogen-bond acceptors (Lipinski definition) is 5. The lowest BCUT2D eigenvalue weighted by atomic mass is 10.1. The number of fused-ring (bicyclic) bond motifs is 1. The number of nitrogens with one attached hydrogen (secondary N) is 1. The van der Waals surface area contributed by atoms with Crippen molar-refractivity contribution in [3.8, 4) is 5.75 Å². The van der Waals surface area contributed by atoms with Crippen molar-refractivity contribution < 1.29 is 23.9 Å². The van der Waals surface area contributed by atoms with Crippen LogP contribution in [0.25, 0.3) is 16.8 Å². The van der Waals surface area contributed by atoms with Crippen LogP contribution in [0, 0.1) is 0 Å². The van der Waals surface area contributed by atoms with Crippen LogP contribution in [0.4, 0.5) is 0 Å². The number of ether oxygens (including phenoxy) is 2. The molecule has 186 valence electrons. The summed E-state index contributed by atoms with van der Waals surface area (Å²) in [6.45, 7) is 1.96. The summed E-state index contributed by atoms with van der Waals surface area (Å²) in [6.07, 6.45) is 3.95. The first kappa shape index (κ1) is 25.0. The van der Waals surface area contributed by atoms with Gasteiger partial charge in [0.2, 0.25) is 5.91 Å². The van der Waals surface area contributed by atoms with Crippen LogP contribution in [-0.4, -0.2) is 56.0 Å². The third kappa shape index (κ3) is 6.30. The predicted molar refractivity (Wildman–Crippen MR) is 139 cm³/mol. The molecule has 0 atom stereocenters. The van der Waals surface area contributed by atoms with Gasteiger partial charge in [0.05, 0.1) is 18.2 Å². The molecule has 0 aliphatic carbocycles. The number of amides is 2. The first-order valence-electron chi connectivity index (χ1n) is 12.1. The molecular weight excluding hydrogens is 456 g/mol. The van der Waals surface area contributed by atoms with E-state index >= 15 is 0 Å². The summed E-state index contributed by atoms with van der Waals surface area (Å²) in [7, 11) is 1.34. The highest BCUT2D eigenvalue weighted by molar-refractivity contribution is 5.98. The zero-order valence-corrected chi connectivity index (χ0v) is 20.4. The maximum atomic E-state index is 13.1. The van der Waals surface area contributed by atoms with Gasteiger partial charge in [0.25, 0.3) is 5.91 Å². The average Bonchev–Trinajstić information content (AvgIpc) is 3.33. The highest BCUT2D eigenvalue weighted by Crippen LogP contribution is 2.25. The van der Waals surface area contributed by atoms with Gasteiger partial charge < -0.3 is 19.7 Å². The lowest BCUT2D eigenvalue weighted by Crippen LogP contribution is -2.32. The third-order valence-electron chi connectivity index (χ3n) is 6.16. The first-order chi connectivity index (χ1) is 17.5. The van der Waals surface area contributed by atoms with E-state index in [1.165, 1.54) is 7.11 Å². The van der Waals surface area contributed by atoms with Crippen LogP contribution in [0.5, 0.6) is 5.75 Å². The van der Waals surface area contributed by atoms with E-state index in [9.17, 15) is 14.4 Å². The Morgan fingerprint density at radius 2 is 1.81 bits per heavy atom. The van der Waals surface area contributed by atoms with E-state index in [4.69, 9.17) is 9.47 Å². The van der Waals surface area contributed by atoms with Crippen LogP contribution in [0.3, 0.4) is 0 Å². The molecule has 1 saturated heterocycles. The fraction of sp³-hybridized carbons (Fsp3) is 0.276. The Balaban J connectivity index is 1.47. The molecule has 2 amide bonds. The number of hydrogen-bond donors (Lipinski definition) is 1. The second-order valence-electron chi connectivity index (χ2n) is 8.64. The number of methoxy groups -OCH3 is 1. The zero-order valence-electron chi connectivity index (χ0n) is 20.4. The Hall–Kier alpha value is -4.13. The van der Waals surface area contributed by atoms with E-state index in [1.54, 1.807) is 30.3 Å². The van der Waals surface area contributed by atoms with Crippen LogP contribution in [0.15, 0.2) is 72.3 Å². The second kappa shape index (κ2) is 12.0. The van der Waals surface area contributed by atoms with Crippen LogP contribution in [0.1, 0.15) is 35.2 Å². The Bertz CT molecular complexity index is 1260. The number of benzene rings is 3. The Kier molecular flexibility index (Phi) is 8.34. The van der Waals surface area contributed by atoms with Gasteiger partial charge in [-0.3, -0.25) is 9.59 Å². The monoisotopic (exact) mass is 486 g/mol. The summed E-state index contributed by atoms with van der Waals surface area (Å²) in [5.74, 6) is 0.223. The van der Waals surface area contributed by atoms with E-state index in [0.29, 0.717) is 42.8 Å². The number of carbonyl (C=O) groups excluding carboxylic acids is 3. The van der Waals surface area contributed by atoms with Gasteiger partial charge in [-0.2, -0.15) is 0 Å². The third-order valence-corrected chi connectivity index (χ3v) is 6.16. The average molecular weight is 487 g/mol. The van der Waals surface area contributed by atoms with Gasteiger partial charge in [0.15, 0.2) is 0 Å². The molecule has 0 spiro atoms. The van der Waals surface area contributed by atoms with Crippen LogP contribution in [-0.2, 0) is 14.3 Å². The molecule has 0 saturated carbocycles.